The van der Waals surface area contributed by atoms with Gasteiger partial charge in [-0.15, -0.1) is 0 Å². The highest BCUT2D eigenvalue weighted by Crippen LogP contribution is 2.21. The Morgan fingerprint density at radius 2 is 1.75 bits per heavy atom. The van der Waals surface area contributed by atoms with Gasteiger partial charge >= 0.3 is 12.1 Å². The van der Waals surface area contributed by atoms with Gasteiger partial charge in [0.15, 0.2) is 0 Å². The summed E-state index contributed by atoms with van der Waals surface area (Å²) in [5.74, 6) is -0.832. The van der Waals surface area contributed by atoms with Gasteiger partial charge in [0.1, 0.15) is 5.60 Å². The lowest BCUT2D eigenvalue weighted by Crippen LogP contribution is -2.27. The molecular weight excluding hydrogens is 356 g/mol. The molecule has 0 saturated heterocycles. The molecule has 0 unspecified atom stereocenters. The van der Waals surface area contributed by atoms with E-state index in [-0.39, 0.29) is 0 Å². The smallest absolute Gasteiger partial charge is 0.405 e. The first-order chi connectivity index (χ1) is 12.8. The number of aryl methyl sites for hydroxylation is 1. The van der Waals surface area contributed by atoms with Crippen LogP contribution in [0.3, 0.4) is 0 Å². The van der Waals surface area contributed by atoms with Crippen LogP contribution in [0.5, 0.6) is 0 Å². The number of carboxylic acids is 1. The second-order valence-electron chi connectivity index (χ2n) is 8.00. The molecule has 2 rings (SSSR count). The van der Waals surface area contributed by atoms with Crippen molar-refractivity contribution < 1.29 is 19.4 Å². The number of aliphatic carboxylic acids is 1. The number of benzene rings is 1. The Bertz CT molecular complexity index is 864. The van der Waals surface area contributed by atoms with Crippen molar-refractivity contribution in [3.05, 3.63) is 47.7 Å². The molecule has 1 amide bonds. The fourth-order valence-electron chi connectivity index (χ4n) is 2.15. The van der Waals surface area contributed by atoms with Crippen molar-refractivity contribution in [2.75, 3.05) is 0 Å². The van der Waals surface area contributed by atoms with E-state index < -0.39 is 23.1 Å². The molecule has 1 heterocycles. The molecule has 0 aliphatic rings. The van der Waals surface area contributed by atoms with Crippen molar-refractivity contribution in [2.24, 2.45) is 11.1 Å². The van der Waals surface area contributed by atoms with Gasteiger partial charge in [-0.05, 0) is 58.7 Å². The molecule has 6 heteroatoms. The average molecular weight is 386 g/mol. The SMILES string of the molecule is CC(C)(C)OC(N)=O.CCc1ccc2ccc(/C=C/C(C)(C)C(=O)O)cc2n1. The van der Waals surface area contributed by atoms with Gasteiger partial charge in [-0.25, -0.2) is 4.79 Å². The minimum Gasteiger partial charge on any atom is -0.481 e. The number of nitrogens with zero attached hydrogens (tertiary/aromatic N) is 1. The Morgan fingerprint density at radius 1 is 1.14 bits per heavy atom. The number of pyridine rings is 1. The van der Waals surface area contributed by atoms with Crippen LogP contribution in [-0.2, 0) is 16.0 Å². The van der Waals surface area contributed by atoms with Crippen molar-refractivity contribution >= 4 is 29.0 Å². The molecule has 0 radical (unpaired) electrons. The van der Waals surface area contributed by atoms with Gasteiger partial charge in [-0.3, -0.25) is 9.78 Å². The Hall–Kier alpha value is -2.89. The van der Waals surface area contributed by atoms with Crippen LogP contribution in [0.25, 0.3) is 17.0 Å². The highest BCUT2D eigenvalue weighted by atomic mass is 16.6. The lowest BCUT2D eigenvalue weighted by atomic mass is 9.92. The van der Waals surface area contributed by atoms with Crippen LogP contribution in [0.15, 0.2) is 36.4 Å². The third-order valence-electron chi connectivity index (χ3n) is 3.79. The number of hydrogen-bond acceptors (Lipinski definition) is 4. The predicted molar refractivity (Wildman–Crippen MR) is 112 cm³/mol. The van der Waals surface area contributed by atoms with Gasteiger partial charge in [-0.2, -0.15) is 0 Å². The maximum atomic E-state index is 11.1. The predicted octanol–water partition coefficient (Wildman–Crippen LogP) is 4.80. The second kappa shape index (κ2) is 9.35. The Balaban J connectivity index is 0.000000416. The van der Waals surface area contributed by atoms with E-state index in [1.165, 1.54) is 0 Å². The van der Waals surface area contributed by atoms with E-state index in [2.05, 4.69) is 22.7 Å². The quantitative estimate of drug-likeness (QED) is 0.785. The van der Waals surface area contributed by atoms with E-state index in [0.29, 0.717) is 0 Å². The first-order valence-corrected chi connectivity index (χ1v) is 9.15. The third-order valence-corrected chi connectivity index (χ3v) is 3.79. The Morgan fingerprint density at radius 3 is 2.21 bits per heavy atom. The fourth-order valence-corrected chi connectivity index (χ4v) is 2.15. The molecule has 3 N–H and O–H groups in total. The molecular formula is C22H30N2O4. The minimum absolute atomic E-state index is 0.453. The van der Waals surface area contributed by atoms with Gasteiger partial charge in [0, 0.05) is 11.1 Å². The molecule has 0 saturated carbocycles. The molecule has 0 fully saturated rings. The number of fused-ring (bicyclic) bond motifs is 1. The zero-order chi connectivity index (χ0) is 21.5. The van der Waals surface area contributed by atoms with Crippen LogP contribution in [0, 0.1) is 5.41 Å². The molecule has 6 nitrogen and oxygen atoms in total. The summed E-state index contributed by atoms with van der Waals surface area (Å²) in [5, 5.41) is 10.2. The molecule has 2 aromatic rings. The van der Waals surface area contributed by atoms with Crippen molar-refractivity contribution in [2.45, 2.75) is 53.6 Å². The summed E-state index contributed by atoms with van der Waals surface area (Å²) in [6.45, 7) is 10.7. The number of nitrogens with two attached hydrogens (primary N) is 1. The van der Waals surface area contributed by atoms with Crippen molar-refractivity contribution in [1.82, 2.24) is 4.98 Å². The van der Waals surface area contributed by atoms with Crippen LogP contribution in [0.1, 0.15) is 52.8 Å². The van der Waals surface area contributed by atoms with Gasteiger partial charge in [0.2, 0.25) is 0 Å². The first kappa shape index (κ1) is 23.1. The van der Waals surface area contributed by atoms with Crippen LogP contribution in [-0.4, -0.2) is 27.8 Å². The number of rotatable bonds is 4. The molecule has 0 atom stereocenters. The maximum Gasteiger partial charge on any atom is 0.405 e. The third kappa shape index (κ3) is 7.78. The highest BCUT2D eigenvalue weighted by Gasteiger charge is 2.22. The van der Waals surface area contributed by atoms with E-state index in [1.54, 1.807) is 40.7 Å². The van der Waals surface area contributed by atoms with Gasteiger partial charge in [-0.1, -0.05) is 37.3 Å². The summed E-state index contributed by atoms with van der Waals surface area (Å²) in [7, 11) is 0. The highest BCUT2D eigenvalue weighted by molar-refractivity contribution is 5.82. The molecule has 28 heavy (non-hydrogen) atoms. The molecule has 0 bridgehead atoms. The standard InChI is InChI=1S/C17H19NO2.C5H11NO2/c1-4-14-8-7-13-6-5-12(11-15(13)18-14)9-10-17(2,3)16(19)20;1-5(2,3)8-4(6)7/h5-11H,4H2,1-3H3,(H,19,20);1-3H3,(H2,6,7)/b10-9+;. The molecule has 0 aliphatic carbocycles. The summed E-state index contributed by atoms with van der Waals surface area (Å²) >= 11 is 0. The van der Waals surface area contributed by atoms with E-state index in [4.69, 9.17) is 10.8 Å². The number of hydrogen-bond donors (Lipinski definition) is 2. The first-order valence-electron chi connectivity index (χ1n) is 9.15. The number of carbonyl (C=O) groups is 2. The molecule has 0 spiro atoms. The van der Waals surface area contributed by atoms with Crippen molar-refractivity contribution in [3.8, 4) is 0 Å². The average Bonchev–Trinajstić information content (AvgIpc) is 2.57. The van der Waals surface area contributed by atoms with E-state index in [0.717, 1.165) is 28.6 Å². The van der Waals surface area contributed by atoms with Crippen molar-refractivity contribution in [1.29, 1.82) is 0 Å². The van der Waals surface area contributed by atoms with Crippen LogP contribution < -0.4 is 5.73 Å². The molecule has 0 aliphatic heterocycles. The van der Waals surface area contributed by atoms with Gasteiger partial charge < -0.3 is 15.6 Å². The number of primary amides is 1. The summed E-state index contributed by atoms with van der Waals surface area (Å²) in [4.78, 5) is 25.7. The summed E-state index contributed by atoms with van der Waals surface area (Å²) < 4.78 is 4.58. The Labute approximate surface area is 166 Å². The Kier molecular flexibility index (Phi) is 7.73. The van der Waals surface area contributed by atoms with Crippen LogP contribution >= 0.6 is 0 Å². The fraction of sp³-hybridized carbons (Fsp3) is 0.409. The monoisotopic (exact) mass is 386 g/mol. The van der Waals surface area contributed by atoms with E-state index in [9.17, 15) is 9.59 Å². The second-order valence-corrected chi connectivity index (χ2v) is 8.00. The van der Waals surface area contributed by atoms with E-state index >= 15 is 0 Å². The van der Waals surface area contributed by atoms with E-state index in [1.807, 2.05) is 30.3 Å². The molecule has 152 valence electrons. The summed E-state index contributed by atoms with van der Waals surface area (Å²) in [5.41, 5.74) is 6.37. The zero-order valence-electron chi connectivity index (χ0n) is 17.4. The number of amides is 1. The summed E-state index contributed by atoms with van der Waals surface area (Å²) in [6.07, 6.45) is 3.73. The lowest BCUT2D eigenvalue weighted by Gasteiger charge is -2.16. The zero-order valence-corrected chi connectivity index (χ0v) is 17.4. The number of aromatic nitrogens is 1. The number of ether oxygens (including phenoxy) is 1. The van der Waals surface area contributed by atoms with Crippen molar-refractivity contribution in [3.63, 3.8) is 0 Å². The van der Waals surface area contributed by atoms with Gasteiger partial charge in [0.05, 0.1) is 10.9 Å². The van der Waals surface area contributed by atoms with Crippen LogP contribution in [0.2, 0.25) is 0 Å². The minimum atomic E-state index is -0.867. The van der Waals surface area contributed by atoms with Crippen LogP contribution in [0.4, 0.5) is 4.79 Å². The van der Waals surface area contributed by atoms with Gasteiger partial charge in [0.25, 0.3) is 0 Å². The number of carbonyl (C=O) groups excluding carboxylic acids is 1. The summed E-state index contributed by atoms with van der Waals surface area (Å²) in [6, 6.07) is 10.1. The number of carboxylic acid groups (broad SMARTS) is 1. The topological polar surface area (TPSA) is 103 Å². The molecule has 1 aromatic carbocycles. The largest absolute Gasteiger partial charge is 0.481 e. The lowest BCUT2D eigenvalue weighted by molar-refractivity contribution is -0.144. The molecule has 1 aromatic heterocycles. The maximum absolute atomic E-state index is 11.1. The normalized spacial score (nSPS) is 11.8.